The van der Waals surface area contributed by atoms with Crippen molar-refractivity contribution in [2.75, 3.05) is 10.6 Å². The van der Waals surface area contributed by atoms with Crippen LogP contribution in [0.25, 0.3) is 0 Å². The maximum atomic E-state index is 12.5. The van der Waals surface area contributed by atoms with E-state index < -0.39 is 0 Å². The molecule has 28 heavy (non-hydrogen) atoms. The van der Waals surface area contributed by atoms with E-state index in [0.717, 1.165) is 12.1 Å². The molecule has 0 radical (unpaired) electrons. The number of aromatic nitrogens is 3. The highest BCUT2D eigenvalue weighted by molar-refractivity contribution is 6.05. The quantitative estimate of drug-likeness (QED) is 0.693. The minimum atomic E-state index is -0.279. The highest BCUT2D eigenvalue weighted by atomic mass is 16.2. The van der Waals surface area contributed by atoms with Crippen molar-refractivity contribution in [3.05, 3.63) is 72.2 Å². The second-order valence-corrected chi connectivity index (χ2v) is 7.06. The lowest BCUT2D eigenvalue weighted by molar-refractivity contribution is -0.117. The molecule has 2 N–H and O–H groups in total. The summed E-state index contributed by atoms with van der Waals surface area (Å²) in [6, 6.07) is 14.3. The standard InChI is InChI=1S/C21H21N5O2/c1-14-11-18(14)21(28)23-16-7-4-5-15(12-16)20(27)24-19-8-10-26(25-19)13-17-6-2-3-9-22-17/h2-10,12,14,18H,11,13H2,1H3,(H,23,28)(H,24,25,27)/t14-,18-/m1/s1. The van der Waals surface area contributed by atoms with E-state index >= 15 is 0 Å². The van der Waals surface area contributed by atoms with Gasteiger partial charge in [-0.15, -0.1) is 0 Å². The van der Waals surface area contributed by atoms with Crippen molar-refractivity contribution in [1.29, 1.82) is 0 Å². The van der Waals surface area contributed by atoms with Crippen molar-refractivity contribution in [2.45, 2.75) is 19.9 Å². The zero-order valence-electron chi connectivity index (χ0n) is 15.5. The van der Waals surface area contributed by atoms with Gasteiger partial charge in [0.2, 0.25) is 5.91 Å². The van der Waals surface area contributed by atoms with Crippen LogP contribution >= 0.6 is 0 Å². The van der Waals surface area contributed by atoms with E-state index in [2.05, 4.69) is 27.6 Å². The Morgan fingerprint density at radius 3 is 2.75 bits per heavy atom. The molecule has 1 fully saturated rings. The molecule has 1 aliphatic rings. The first-order chi connectivity index (χ1) is 13.6. The highest BCUT2D eigenvalue weighted by Gasteiger charge is 2.39. The largest absolute Gasteiger partial charge is 0.326 e. The maximum Gasteiger partial charge on any atom is 0.256 e. The Kier molecular flexibility index (Phi) is 4.89. The van der Waals surface area contributed by atoms with Gasteiger partial charge in [-0.1, -0.05) is 19.1 Å². The molecule has 1 aliphatic carbocycles. The van der Waals surface area contributed by atoms with Crippen LogP contribution in [0.2, 0.25) is 0 Å². The summed E-state index contributed by atoms with van der Waals surface area (Å²) in [6.07, 6.45) is 4.45. The molecule has 2 amide bonds. The predicted octanol–water partition coefficient (Wildman–Crippen LogP) is 3.17. The second kappa shape index (κ2) is 7.64. The van der Waals surface area contributed by atoms with Crippen LogP contribution in [0, 0.1) is 11.8 Å². The number of hydrogen-bond donors (Lipinski definition) is 2. The van der Waals surface area contributed by atoms with Gasteiger partial charge in [-0.2, -0.15) is 5.10 Å². The fourth-order valence-electron chi connectivity index (χ4n) is 3.02. The SMILES string of the molecule is C[C@@H]1C[C@H]1C(=O)Nc1cccc(C(=O)Nc2ccn(Cc3ccccn3)n2)c1. The van der Waals surface area contributed by atoms with E-state index in [0.29, 0.717) is 29.5 Å². The van der Waals surface area contributed by atoms with Gasteiger partial charge in [-0.25, -0.2) is 0 Å². The topological polar surface area (TPSA) is 88.9 Å². The van der Waals surface area contributed by atoms with Gasteiger partial charge in [0.25, 0.3) is 5.91 Å². The lowest BCUT2D eigenvalue weighted by atomic mass is 10.2. The summed E-state index contributed by atoms with van der Waals surface area (Å²) in [7, 11) is 0. The summed E-state index contributed by atoms with van der Waals surface area (Å²) in [4.78, 5) is 28.9. The number of rotatable bonds is 6. The number of benzene rings is 1. The van der Waals surface area contributed by atoms with Gasteiger partial charge >= 0.3 is 0 Å². The number of pyridine rings is 1. The van der Waals surface area contributed by atoms with E-state index in [-0.39, 0.29) is 17.7 Å². The first-order valence-electron chi connectivity index (χ1n) is 9.24. The van der Waals surface area contributed by atoms with Crippen LogP contribution in [0.15, 0.2) is 60.9 Å². The average molecular weight is 375 g/mol. The Balaban J connectivity index is 1.38. The molecule has 1 saturated carbocycles. The van der Waals surface area contributed by atoms with Crippen molar-refractivity contribution in [3.8, 4) is 0 Å². The number of carbonyl (C=O) groups is 2. The first kappa shape index (κ1) is 17.9. The number of nitrogens with one attached hydrogen (secondary N) is 2. The smallest absolute Gasteiger partial charge is 0.256 e. The molecular formula is C21H21N5O2. The fourth-order valence-corrected chi connectivity index (χ4v) is 3.02. The van der Waals surface area contributed by atoms with Crippen LogP contribution in [0.4, 0.5) is 11.5 Å². The van der Waals surface area contributed by atoms with Crippen LogP contribution in [-0.4, -0.2) is 26.6 Å². The Labute approximate surface area is 162 Å². The van der Waals surface area contributed by atoms with Crippen molar-refractivity contribution in [3.63, 3.8) is 0 Å². The van der Waals surface area contributed by atoms with E-state index in [9.17, 15) is 9.59 Å². The van der Waals surface area contributed by atoms with Crippen molar-refractivity contribution in [2.24, 2.45) is 11.8 Å². The zero-order valence-corrected chi connectivity index (χ0v) is 15.5. The molecule has 0 aliphatic heterocycles. The Morgan fingerprint density at radius 2 is 2.00 bits per heavy atom. The molecule has 0 saturated heterocycles. The summed E-state index contributed by atoms with van der Waals surface area (Å²) >= 11 is 0. The predicted molar refractivity (Wildman–Crippen MR) is 106 cm³/mol. The van der Waals surface area contributed by atoms with Crippen LogP contribution in [0.1, 0.15) is 29.4 Å². The Bertz CT molecular complexity index is 999. The minimum absolute atomic E-state index is 0.0123. The van der Waals surface area contributed by atoms with Crippen LogP contribution in [0.5, 0.6) is 0 Å². The normalized spacial score (nSPS) is 17.8. The van der Waals surface area contributed by atoms with Crippen LogP contribution < -0.4 is 10.6 Å². The number of carbonyl (C=O) groups excluding carboxylic acids is 2. The Morgan fingerprint density at radius 1 is 1.14 bits per heavy atom. The van der Waals surface area contributed by atoms with Crippen molar-refractivity contribution in [1.82, 2.24) is 14.8 Å². The third-order valence-corrected chi connectivity index (χ3v) is 4.77. The van der Waals surface area contributed by atoms with Gasteiger partial charge < -0.3 is 10.6 Å². The number of nitrogens with zero attached hydrogens (tertiary/aromatic N) is 3. The fraction of sp³-hybridized carbons (Fsp3) is 0.238. The summed E-state index contributed by atoms with van der Waals surface area (Å²) in [5.41, 5.74) is 1.97. The van der Waals surface area contributed by atoms with Gasteiger partial charge in [0, 0.05) is 35.6 Å². The van der Waals surface area contributed by atoms with E-state index in [1.807, 2.05) is 18.2 Å². The molecule has 4 rings (SSSR count). The molecule has 142 valence electrons. The van der Waals surface area contributed by atoms with Gasteiger partial charge in [-0.05, 0) is 42.7 Å². The van der Waals surface area contributed by atoms with Crippen molar-refractivity contribution < 1.29 is 9.59 Å². The summed E-state index contributed by atoms with van der Waals surface area (Å²) in [5, 5.41) is 10.0. The summed E-state index contributed by atoms with van der Waals surface area (Å²) in [6.45, 7) is 2.58. The molecule has 7 nitrogen and oxygen atoms in total. The highest BCUT2D eigenvalue weighted by Crippen LogP contribution is 2.38. The Hall–Kier alpha value is -3.48. The number of amides is 2. The maximum absolute atomic E-state index is 12.5. The molecule has 2 heterocycles. The monoisotopic (exact) mass is 375 g/mol. The molecule has 7 heteroatoms. The van der Waals surface area contributed by atoms with E-state index in [4.69, 9.17) is 0 Å². The molecule has 0 bridgehead atoms. The van der Waals surface area contributed by atoms with E-state index in [1.54, 1.807) is 47.4 Å². The molecule has 1 aromatic carbocycles. The third kappa shape index (κ3) is 4.25. The van der Waals surface area contributed by atoms with Gasteiger partial charge in [0.05, 0.1) is 12.2 Å². The minimum Gasteiger partial charge on any atom is -0.326 e. The molecule has 0 spiro atoms. The third-order valence-electron chi connectivity index (χ3n) is 4.77. The van der Waals surface area contributed by atoms with E-state index in [1.165, 1.54) is 0 Å². The summed E-state index contributed by atoms with van der Waals surface area (Å²) < 4.78 is 1.71. The van der Waals surface area contributed by atoms with Crippen molar-refractivity contribution >= 4 is 23.3 Å². The van der Waals surface area contributed by atoms with Crippen LogP contribution in [-0.2, 0) is 11.3 Å². The molecule has 2 atom stereocenters. The first-order valence-corrected chi connectivity index (χ1v) is 9.24. The van der Waals surface area contributed by atoms with Crippen LogP contribution in [0.3, 0.4) is 0 Å². The summed E-state index contributed by atoms with van der Waals surface area (Å²) in [5.74, 6) is 0.715. The average Bonchev–Trinajstić information content (AvgIpc) is 3.28. The zero-order chi connectivity index (χ0) is 19.5. The lowest BCUT2D eigenvalue weighted by Crippen LogP contribution is -2.16. The molecular weight excluding hydrogens is 354 g/mol. The van der Waals surface area contributed by atoms with Gasteiger partial charge in [-0.3, -0.25) is 19.3 Å². The van der Waals surface area contributed by atoms with Gasteiger partial charge in [0.15, 0.2) is 5.82 Å². The number of hydrogen-bond acceptors (Lipinski definition) is 4. The second-order valence-electron chi connectivity index (χ2n) is 7.06. The lowest BCUT2D eigenvalue weighted by Gasteiger charge is -2.07. The molecule has 2 aromatic heterocycles. The molecule has 3 aromatic rings. The van der Waals surface area contributed by atoms with Gasteiger partial charge in [0.1, 0.15) is 0 Å². The molecule has 0 unspecified atom stereocenters. The number of anilines is 2.